The molecule has 0 aromatic carbocycles. The Kier molecular flexibility index (Phi) is 3.98. The van der Waals surface area contributed by atoms with E-state index < -0.39 is 0 Å². The van der Waals surface area contributed by atoms with Gasteiger partial charge in [0.25, 0.3) is 0 Å². The summed E-state index contributed by atoms with van der Waals surface area (Å²) in [5.74, 6) is 0.970. The molecule has 4 nitrogen and oxygen atoms in total. The molecule has 21 heavy (non-hydrogen) atoms. The number of likely N-dealkylation sites (tertiary alicyclic amines) is 2. The molecule has 1 amide bonds. The van der Waals surface area contributed by atoms with Crippen LogP contribution < -0.4 is 0 Å². The van der Waals surface area contributed by atoms with Gasteiger partial charge in [-0.2, -0.15) is 0 Å². The maximum absolute atomic E-state index is 12.4. The van der Waals surface area contributed by atoms with E-state index in [9.17, 15) is 4.79 Å². The number of hydrogen-bond acceptors (Lipinski definition) is 3. The second kappa shape index (κ2) is 5.76. The highest BCUT2D eigenvalue weighted by Gasteiger charge is 2.52. The van der Waals surface area contributed by atoms with Crippen LogP contribution in [-0.2, 0) is 11.3 Å². The summed E-state index contributed by atoms with van der Waals surface area (Å²) in [5, 5.41) is 0. The van der Waals surface area contributed by atoms with Crippen molar-refractivity contribution in [3.8, 4) is 0 Å². The first-order valence-electron chi connectivity index (χ1n) is 8.00. The fourth-order valence-electron chi connectivity index (χ4n) is 3.59. The summed E-state index contributed by atoms with van der Waals surface area (Å²) in [6.07, 6.45) is 5.73. The van der Waals surface area contributed by atoms with E-state index in [0.717, 1.165) is 45.6 Å². The van der Waals surface area contributed by atoms with Crippen LogP contribution in [0.25, 0.3) is 0 Å². The molecule has 1 aromatic heterocycles. The zero-order valence-corrected chi connectivity index (χ0v) is 13.1. The van der Waals surface area contributed by atoms with Crippen LogP contribution in [0, 0.1) is 11.3 Å². The van der Waals surface area contributed by atoms with E-state index in [1.165, 1.54) is 5.56 Å². The Morgan fingerprint density at radius 3 is 2.48 bits per heavy atom. The maximum Gasteiger partial charge on any atom is 0.230 e. The summed E-state index contributed by atoms with van der Waals surface area (Å²) < 4.78 is 0. The van der Waals surface area contributed by atoms with Gasteiger partial charge in [-0.25, -0.2) is 0 Å². The second-order valence-electron chi connectivity index (χ2n) is 6.99. The predicted molar refractivity (Wildman–Crippen MR) is 82.6 cm³/mol. The minimum absolute atomic E-state index is 0.0242. The largest absolute Gasteiger partial charge is 0.341 e. The lowest BCUT2D eigenvalue weighted by Crippen LogP contribution is -2.65. The van der Waals surface area contributed by atoms with Gasteiger partial charge in [0.15, 0.2) is 0 Å². The third-order valence-electron chi connectivity index (χ3n) is 4.79. The summed E-state index contributed by atoms with van der Waals surface area (Å²) in [5.41, 5.74) is 1.28. The number of carbonyl (C=O) groups excluding carboxylic acids is 1. The molecule has 2 aliphatic heterocycles. The van der Waals surface area contributed by atoms with E-state index in [2.05, 4.69) is 35.9 Å². The second-order valence-corrected chi connectivity index (χ2v) is 6.99. The number of piperidine rings is 1. The van der Waals surface area contributed by atoms with Crippen molar-refractivity contribution in [3.05, 3.63) is 30.1 Å². The quantitative estimate of drug-likeness (QED) is 0.796. The van der Waals surface area contributed by atoms with Crippen molar-refractivity contribution >= 4 is 5.91 Å². The number of hydrogen-bond donors (Lipinski definition) is 0. The zero-order valence-electron chi connectivity index (χ0n) is 13.1. The van der Waals surface area contributed by atoms with Crippen LogP contribution in [0.3, 0.4) is 0 Å². The molecule has 2 saturated heterocycles. The van der Waals surface area contributed by atoms with Crippen molar-refractivity contribution in [2.45, 2.75) is 33.2 Å². The number of rotatable bonds is 4. The molecule has 3 rings (SSSR count). The lowest BCUT2D eigenvalue weighted by Gasteiger charge is -2.53. The van der Waals surface area contributed by atoms with Crippen LogP contribution >= 0.6 is 0 Å². The van der Waals surface area contributed by atoms with Crippen molar-refractivity contribution in [2.24, 2.45) is 11.3 Å². The first-order chi connectivity index (χ1) is 10.1. The van der Waals surface area contributed by atoms with Gasteiger partial charge in [-0.3, -0.25) is 14.7 Å². The number of nitrogens with zero attached hydrogens (tertiary/aromatic N) is 3. The number of pyridine rings is 1. The summed E-state index contributed by atoms with van der Waals surface area (Å²) in [6.45, 7) is 9.29. The lowest BCUT2D eigenvalue weighted by molar-refractivity contribution is -0.166. The third-order valence-corrected chi connectivity index (χ3v) is 4.79. The molecular formula is C17H25N3O. The smallest absolute Gasteiger partial charge is 0.230 e. The number of β-lactam (4-membered cyclic amide) rings is 1. The van der Waals surface area contributed by atoms with Crippen LogP contribution in [0.15, 0.2) is 24.5 Å². The van der Waals surface area contributed by atoms with Gasteiger partial charge in [-0.05, 0) is 49.5 Å². The van der Waals surface area contributed by atoms with E-state index in [4.69, 9.17) is 0 Å². The third kappa shape index (κ3) is 2.95. The van der Waals surface area contributed by atoms with E-state index >= 15 is 0 Å². The van der Waals surface area contributed by atoms with Crippen molar-refractivity contribution < 1.29 is 4.79 Å². The zero-order chi connectivity index (χ0) is 14.9. The highest BCUT2D eigenvalue weighted by Crippen LogP contribution is 2.42. The number of carbonyl (C=O) groups is 1. The summed E-state index contributed by atoms with van der Waals surface area (Å²) >= 11 is 0. The molecule has 0 unspecified atom stereocenters. The average Bonchev–Trinajstić information content (AvgIpc) is 2.49. The van der Waals surface area contributed by atoms with Gasteiger partial charge < -0.3 is 4.90 Å². The van der Waals surface area contributed by atoms with Crippen molar-refractivity contribution in [1.29, 1.82) is 0 Å². The SMILES string of the molecule is CC(C)CN1CC2(CCN(Cc3ccncc3)CC2)C1=O. The van der Waals surface area contributed by atoms with E-state index in [0.29, 0.717) is 11.8 Å². The molecule has 0 aliphatic carbocycles. The Hall–Kier alpha value is -1.42. The van der Waals surface area contributed by atoms with Gasteiger partial charge in [-0.1, -0.05) is 13.8 Å². The summed E-state index contributed by atoms with van der Waals surface area (Å²) in [7, 11) is 0. The Bertz CT molecular complexity index is 492. The Balaban J connectivity index is 1.51. The molecular weight excluding hydrogens is 262 g/mol. The molecule has 0 atom stereocenters. The molecule has 114 valence electrons. The minimum atomic E-state index is -0.0242. The van der Waals surface area contributed by atoms with E-state index in [1.54, 1.807) is 0 Å². The van der Waals surface area contributed by atoms with E-state index in [1.807, 2.05) is 17.3 Å². The molecule has 0 N–H and O–H groups in total. The van der Waals surface area contributed by atoms with Gasteiger partial charge in [0.1, 0.15) is 0 Å². The molecule has 0 saturated carbocycles. The summed E-state index contributed by atoms with van der Waals surface area (Å²) in [4.78, 5) is 21.0. The van der Waals surface area contributed by atoms with Gasteiger partial charge in [0.05, 0.1) is 5.41 Å². The van der Waals surface area contributed by atoms with Gasteiger partial charge >= 0.3 is 0 Å². The molecule has 0 bridgehead atoms. The molecule has 3 heterocycles. The molecule has 2 aliphatic rings. The first kappa shape index (κ1) is 14.5. The van der Waals surface area contributed by atoms with Crippen LogP contribution in [0.2, 0.25) is 0 Å². The Morgan fingerprint density at radius 2 is 1.90 bits per heavy atom. The lowest BCUT2D eigenvalue weighted by atomic mass is 9.70. The highest BCUT2D eigenvalue weighted by atomic mass is 16.2. The average molecular weight is 287 g/mol. The Morgan fingerprint density at radius 1 is 1.24 bits per heavy atom. The fraction of sp³-hybridized carbons (Fsp3) is 0.647. The monoisotopic (exact) mass is 287 g/mol. The number of amides is 1. The van der Waals surface area contributed by atoms with Crippen LogP contribution in [0.4, 0.5) is 0 Å². The first-order valence-corrected chi connectivity index (χ1v) is 8.00. The van der Waals surface area contributed by atoms with Crippen molar-refractivity contribution in [2.75, 3.05) is 26.2 Å². The van der Waals surface area contributed by atoms with Gasteiger partial charge in [0.2, 0.25) is 5.91 Å². The highest BCUT2D eigenvalue weighted by molar-refractivity contribution is 5.89. The van der Waals surface area contributed by atoms with Crippen LogP contribution in [-0.4, -0.2) is 46.9 Å². The molecule has 2 fully saturated rings. The summed E-state index contributed by atoms with van der Waals surface area (Å²) in [6, 6.07) is 4.15. The molecule has 4 heteroatoms. The van der Waals surface area contributed by atoms with Crippen molar-refractivity contribution in [3.63, 3.8) is 0 Å². The van der Waals surface area contributed by atoms with Gasteiger partial charge in [0, 0.05) is 32.0 Å². The van der Waals surface area contributed by atoms with Crippen LogP contribution in [0.5, 0.6) is 0 Å². The van der Waals surface area contributed by atoms with Gasteiger partial charge in [-0.15, -0.1) is 0 Å². The maximum atomic E-state index is 12.4. The molecule has 1 spiro atoms. The Labute approximate surface area is 127 Å². The van der Waals surface area contributed by atoms with Crippen LogP contribution in [0.1, 0.15) is 32.3 Å². The molecule has 1 aromatic rings. The molecule has 0 radical (unpaired) electrons. The standard InChI is InChI=1S/C17H25N3O/c1-14(2)11-20-13-17(16(20)21)5-9-19(10-6-17)12-15-3-7-18-8-4-15/h3-4,7-8,14H,5-6,9-13H2,1-2H3. The normalized spacial score (nSPS) is 21.9. The minimum Gasteiger partial charge on any atom is -0.341 e. The fourth-order valence-corrected chi connectivity index (χ4v) is 3.59. The topological polar surface area (TPSA) is 36.4 Å². The number of aromatic nitrogens is 1. The van der Waals surface area contributed by atoms with E-state index in [-0.39, 0.29) is 5.41 Å². The predicted octanol–water partition coefficient (Wildman–Crippen LogP) is 2.16. The van der Waals surface area contributed by atoms with Crippen molar-refractivity contribution in [1.82, 2.24) is 14.8 Å².